The lowest BCUT2D eigenvalue weighted by atomic mass is 9.72. The van der Waals surface area contributed by atoms with Gasteiger partial charge in [-0.2, -0.15) is 0 Å². The Balaban J connectivity index is 1.93. The molecule has 1 N–H and O–H groups in total. The Morgan fingerprint density at radius 1 is 1.05 bits per heavy atom. The van der Waals surface area contributed by atoms with E-state index in [1.54, 1.807) is 0 Å². The van der Waals surface area contributed by atoms with Crippen LogP contribution in [0.4, 0.5) is 0 Å². The third-order valence-corrected chi connectivity index (χ3v) is 4.93. The van der Waals surface area contributed by atoms with Crippen LogP contribution in [0.15, 0.2) is 42.5 Å². The number of nitrogens with zero attached hydrogens (tertiary/aromatic N) is 1. The van der Waals surface area contributed by atoms with Crippen LogP contribution in [0.25, 0.3) is 0 Å². The van der Waals surface area contributed by atoms with E-state index in [9.17, 15) is 5.11 Å². The first-order valence-electron chi connectivity index (χ1n) is 7.34. The van der Waals surface area contributed by atoms with Crippen LogP contribution in [0.1, 0.15) is 34.6 Å². The number of aryl methyl sites for hydroxylation is 1. The number of aromatic hydroxyl groups is 1. The number of hydrogen-bond donors (Lipinski definition) is 1. The minimum atomic E-state index is 0.384. The Hall–Kier alpha value is -1.80. The predicted molar refractivity (Wildman–Crippen MR) is 80.0 cm³/mol. The molecule has 4 rings (SSSR count). The van der Waals surface area contributed by atoms with Crippen LogP contribution in [-0.2, 0) is 13.0 Å². The number of likely N-dealkylation sites (N-methyl/N-ethyl adjacent to an activating group) is 1. The zero-order valence-electron chi connectivity index (χ0n) is 11.7. The van der Waals surface area contributed by atoms with Crippen molar-refractivity contribution in [3.8, 4) is 5.75 Å². The second kappa shape index (κ2) is 4.35. The van der Waals surface area contributed by atoms with Crippen molar-refractivity contribution in [2.45, 2.75) is 31.3 Å². The second-order valence-electron chi connectivity index (χ2n) is 6.08. The quantitative estimate of drug-likeness (QED) is 0.790. The largest absolute Gasteiger partial charge is 0.508 e. The molecule has 0 spiro atoms. The van der Waals surface area contributed by atoms with E-state index in [1.165, 1.54) is 28.7 Å². The van der Waals surface area contributed by atoms with E-state index >= 15 is 0 Å². The average Bonchev–Trinajstić information content (AvgIpc) is 2.46. The van der Waals surface area contributed by atoms with Gasteiger partial charge in [-0.15, -0.1) is 0 Å². The summed E-state index contributed by atoms with van der Waals surface area (Å²) in [4.78, 5) is 2.47. The lowest BCUT2D eigenvalue weighted by molar-refractivity contribution is 0.178. The summed E-state index contributed by atoms with van der Waals surface area (Å²) in [6, 6.07) is 15.2. The summed E-state index contributed by atoms with van der Waals surface area (Å²) in [5.74, 6) is 0.788. The fraction of sp³-hybridized carbons (Fsp3) is 0.333. The number of rotatable bonds is 0. The molecular weight excluding hydrogens is 246 g/mol. The van der Waals surface area contributed by atoms with E-state index in [-0.39, 0.29) is 0 Å². The molecule has 20 heavy (non-hydrogen) atoms. The van der Waals surface area contributed by atoms with Crippen molar-refractivity contribution >= 4 is 0 Å². The summed E-state index contributed by atoms with van der Waals surface area (Å²) in [7, 11) is 2.22. The van der Waals surface area contributed by atoms with Crippen LogP contribution >= 0.6 is 0 Å². The summed E-state index contributed by atoms with van der Waals surface area (Å²) >= 11 is 0. The average molecular weight is 265 g/mol. The molecular formula is C18H19NO. The summed E-state index contributed by atoms with van der Waals surface area (Å²) in [6.45, 7) is 1.03. The highest BCUT2D eigenvalue weighted by Gasteiger charge is 2.37. The topological polar surface area (TPSA) is 23.5 Å². The standard InChI is InChI=1S/C18H19NO/c1-19-11-13-4-2-3-5-15(13)18-16-10-14(20)8-6-12(16)7-9-17(18)19/h2-6,8,10,17-18,20H,7,9,11H2,1H3/t17-,18-/m0/s1. The van der Waals surface area contributed by atoms with Crippen LogP contribution in [-0.4, -0.2) is 23.1 Å². The van der Waals surface area contributed by atoms with E-state index in [0.29, 0.717) is 17.7 Å². The molecule has 2 aliphatic rings. The number of benzene rings is 2. The Morgan fingerprint density at radius 3 is 2.80 bits per heavy atom. The van der Waals surface area contributed by atoms with Crippen molar-refractivity contribution in [2.24, 2.45) is 0 Å². The molecule has 0 unspecified atom stereocenters. The molecule has 0 saturated heterocycles. The van der Waals surface area contributed by atoms with Gasteiger partial charge in [0.1, 0.15) is 5.75 Å². The van der Waals surface area contributed by atoms with Crippen LogP contribution in [0.3, 0.4) is 0 Å². The SMILES string of the molecule is CN1Cc2ccccc2[C@H]2c3cc(O)ccc3CC[C@@H]21. The van der Waals surface area contributed by atoms with Gasteiger partial charge in [0, 0.05) is 18.5 Å². The van der Waals surface area contributed by atoms with Gasteiger partial charge in [0.2, 0.25) is 0 Å². The fourth-order valence-electron chi connectivity index (χ4n) is 3.99. The highest BCUT2D eigenvalue weighted by atomic mass is 16.3. The van der Waals surface area contributed by atoms with Gasteiger partial charge >= 0.3 is 0 Å². The van der Waals surface area contributed by atoms with E-state index in [0.717, 1.165) is 13.0 Å². The Morgan fingerprint density at radius 2 is 1.90 bits per heavy atom. The van der Waals surface area contributed by atoms with Crippen LogP contribution in [0.5, 0.6) is 5.75 Å². The second-order valence-corrected chi connectivity index (χ2v) is 6.08. The van der Waals surface area contributed by atoms with Gasteiger partial charge in [-0.1, -0.05) is 30.3 Å². The van der Waals surface area contributed by atoms with Crippen LogP contribution in [0.2, 0.25) is 0 Å². The van der Waals surface area contributed by atoms with Crippen molar-refractivity contribution in [1.29, 1.82) is 0 Å². The smallest absolute Gasteiger partial charge is 0.115 e. The maximum absolute atomic E-state index is 9.88. The molecule has 2 heteroatoms. The number of phenols is 1. The number of phenolic OH excluding ortho intramolecular Hbond substituents is 1. The van der Waals surface area contributed by atoms with E-state index in [1.807, 2.05) is 12.1 Å². The Labute approximate surface area is 119 Å². The number of fused-ring (bicyclic) bond motifs is 5. The van der Waals surface area contributed by atoms with Gasteiger partial charge < -0.3 is 5.11 Å². The molecule has 1 heterocycles. The van der Waals surface area contributed by atoms with Gasteiger partial charge in [0.15, 0.2) is 0 Å². The Bertz CT molecular complexity index is 664. The van der Waals surface area contributed by atoms with Crippen LogP contribution in [0, 0.1) is 0 Å². The van der Waals surface area contributed by atoms with E-state index < -0.39 is 0 Å². The molecule has 1 aliphatic carbocycles. The van der Waals surface area contributed by atoms with Gasteiger partial charge in [-0.3, -0.25) is 4.90 Å². The van der Waals surface area contributed by atoms with E-state index in [4.69, 9.17) is 0 Å². The zero-order chi connectivity index (χ0) is 13.7. The minimum Gasteiger partial charge on any atom is -0.508 e. The summed E-state index contributed by atoms with van der Waals surface area (Å²) < 4.78 is 0. The molecule has 0 fully saturated rings. The van der Waals surface area contributed by atoms with Crippen molar-refractivity contribution in [2.75, 3.05) is 7.05 Å². The summed E-state index contributed by atoms with van der Waals surface area (Å²) in [5.41, 5.74) is 5.59. The van der Waals surface area contributed by atoms with Gasteiger partial charge in [0.25, 0.3) is 0 Å². The minimum absolute atomic E-state index is 0.384. The van der Waals surface area contributed by atoms with E-state index in [2.05, 4.69) is 42.3 Å². The van der Waals surface area contributed by atoms with Gasteiger partial charge in [-0.05, 0) is 54.3 Å². The van der Waals surface area contributed by atoms with Crippen molar-refractivity contribution < 1.29 is 5.11 Å². The predicted octanol–water partition coefficient (Wildman–Crippen LogP) is 3.28. The molecule has 102 valence electrons. The zero-order valence-corrected chi connectivity index (χ0v) is 11.7. The molecule has 2 atom stereocenters. The third-order valence-electron chi connectivity index (χ3n) is 4.93. The Kier molecular flexibility index (Phi) is 2.61. The molecule has 2 aromatic rings. The third kappa shape index (κ3) is 1.68. The highest BCUT2D eigenvalue weighted by molar-refractivity contribution is 5.48. The monoisotopic (exact) mass is 265 g/mol. The maximum atomic E-state index is 9.88. The molecule has 0 bridgehead atoms. The molecule has 2 nitrogen and oxygen atoms in total. The molecule has 0 radical (unpaired) electrons. The molecule has 0 saturated carbocycles. The molecule has 1 aliphatic heterocycles. The lowest BCUT2D eigenvalue weighted by Gasteiger charge is -2.44. The first-order chi connectivity index (χ1) is 9.74. The molecule has 0 aromatic heterocycles. The number of hydrogen-bond acceptors (Lipinski definition) is 2. The van der Waals surface area contributed by atoms with Crippen molar-refractivity contribution in [3.63, 3.8) is 0 Å². The summed E-state index contributed by atoms with van der Waals surface area (Å²) in [5, 5.41) is 9.88. The van der Waals surface area contributed by atoms with Crippen molar-refractivity contribution in [3.05, 3.63) is 64.7 Å². The van der Waals surface area contributed by atoms with Gasteiger partial charge in [-0.25, -0.2) is 0 Å². The highest BCUT2D eigenvalue weighted by Crippen LogP contribution is 2.44. The molecule has 2 aromatic carbocycles. The lowest BCUT2D eigenvalue weighted by Crippen LogP contribution is -2.43. The fourth-order valence-corrected chi connectivity index (χ4v) is 3.99. The first kappa shape index (κ1) is 12.0. The normalized spacial score (nSPS) is 24.6. The van der Waals surface area contributed by atoms with Crippen molar-refractivity contribution in [1.82, 2.24) is 4.90 Å². The molecule has 0 amide bonds. The van der Waals surface area contributed by atoms with Crippen LogP contribution < -0.4 is 0 Å². The first-order valence-corrected chi connectivity index (χ1v) is 7.34. The maximum Gasteiger partial charge on any atom is 0.115 e. The summed E-state index contributed by atoms with van der Waals surface area (Å²) in [6.07, 6.45) is 2.32. The van der Waals surface area contributed by atoms with Gasteiger partial charge in [0.05, 0.1) is 0 Å².